The molecule has 0 radical (unpaired) electrons. The summed E-state index contributed by atoms with van der Waals surface area (Å²) in [6.07, 6.45) is 2.51. The smallest absolute Gasteiger partial charge is 0.338 e. The largest absolute Gasteiger partial charge is 0.423 e. The van der Waals surface area contributed by atoms with Gasteiger partial charge < -0.3 is 4.74 Å². The lowest BCUT2D eigenvalue weighted by atomic mass is 10.1. The molecule has 0 atom stereocenters. The summed E-state index contributed by atoms with van der Waals surface area (Å²) in [5.74, 6) is 3.23. The molecule has 106 valence electrons. The van der Waals surface area contributed by atoms with Crippen molar-refractivity contribution in [2.24, 2.45) is 0 Å². The monoisotopic (exact) mass is 291 g/mol. The number of carbonyl (C=O) groups excluding carboxylic acids is 2. The van der Waals surface area contributed by atoms with Crippen LogP contribution in [0.3, 0.4) is 0 Å². The van der Waals surface area contributed by atoms with E-state index in [0.29, 0.717) is 22.6 Å². The zero-order valence-electron chi connectivity index (χ0n) is 11.7. The first-order valence-electron chi connectivity index (χ1n) is 6.71. The molecule has 0 N–H and O–H groups in total. The number of ether oxygens (including phenoxy) is 1. The minimum Gasteiger partial charge on any atom is -0.423 e. The molecule has 1 aliphatic heterocycles. The van der Waals surface area contributed by atoms with E-state index in [4.69, 9.17) is 4.74 Å². The number of rotatable bonds is 5. The number of esters is 1. The summed E-state index contributed by atoms with van der Waals surface area (Å²) in [4.78, 5) is 23.5. The maximum Gasteiger partial charge on any atom is 0.338 e. The van der Waals surface area contributed by atoms with E-state index in [0.717, 1.165) is 0 Å². The Morgan fingerprint density at radius 2 is 1.80 bits per heavy atom. The van der Waals surface area contributed by atoms with Crippen LogP contribution in [0.25, 0.3) is 0 Å². The van der Waals surface area contributed by atoms with Gasteiger partial charge in [-0.2, -0.15) is 0 Å². The minimum atomic E-state index is -0.448. The molecule has 0 aliphatic carbocycles. The average Bonchev–Trinajstić information content (AvgIpc) is 2.92. The summed E-state index contributed by atoms with van der Waals surface area (Å²) in [5, 5.41) is 0. The van der Waals surface area contributed by atoms with Crippen LogP contribution < -0.4 is 4.74 Å². The van der Waals surface area contributed by atoms with Gasteiger partial charge in [-0.1, -0.05) is 6.58 Å². The highest BCUT2D eigenvalue weighted by Crippen LogP contribution is 2.17. The SMILES string of the molecule is C=C(C)C(=O)Oc1ccc(C(=O)C[S+]2CCCC2)cc1. The predicted octanol–water partition coefficient (Wildman–Crippen LogP) is 2.76. The van der Waals surface area contributed by atoms with Crippen LogP contribution >= 0.6 is 0 Å². The van der Waals surface area contributed by atoms with E-state index in [2.05, 4.69) is 6.58 Å². The van der Waals surface area contributed by atoms with E-state index < -0.39 is 5.97 Å². The van der Waals surface area contributed by atoms with Gasteiger partial charge in [0.15, 0.2) is 5.75 Å². The molecule has 1 aliphatic rings. The van der Waals surface area contributed by atoms with Gasteiger partial charge in [-0.25, -0.2) is 4.79 Å². The van der Waals surface area contributed by atoms with Crippen LogP contribution in [-0.2, 0) is 15.7 Å². The molecule has 0 spiro atoms. The van der Waals surface area contributed by atoms with Crippen LogP contribution in [0.1, 0.15) is 30.1 Å². The van der Waals surface area contributed by atoms with Crippen molar-refractivity contribution < 1.29 is 14.3 Å². The van der Waals surface area contributed by atoms with E-state index >= 15 is 0 Å². The molecule has 1 aromatic carbocycles. The summed E-state index contributed by atoms with van der Waals surface area (Å²) in [5.41, 5.74) is 1.05. The van der Waals surface area contributed by atoms with Gasteiger partial charge in [0, 0.05) is 11.1 Å². The number of ketones is 1. The van der Waals surface area contributed by atoms with Gasteiger partial charge >= 0.3 is 5.97 Å². The Morgan fingerprint density at radius 3 is 2.35 bits per heavy atom. The van der Waals surface area contributed by atoms with Crippen LogP contribution in [0.15, 0.2) is 36.4 Å². The number of benzene rings is 1. The zero-order valence-corrected chi connectivity index (χ0v) is 12.5. The van der Waals surface area contributed by atoms with Crippen LogP contribution in [0.4, 0.5) is 0 Å². The molecule has 1 heterocycles. The van der Waals surface area contributed by atoms with Crippen molar-refractivity contribution >= 4 is 22.6 Å². The second kappa shape index (κ2) is 6.75. The van der Waals surface area contributed by atoms with Gasteiger partial charge in [0.1, 0.15) is 17.3 Å². The second-order valence-corrected chi connectivity index (χ2v) is 7.32. The predicted molar refractivity (Wildman–Crippen MR) is 82.4 cm³/mol. The lowest BCUT2D eigenvalue weighted by Gasteiger charge is -2.05. The van der Waals surface area contributed by atoms with Crippen molar-refractivity contribution in [1.29, 1.82) is 0 Å². The van der Waals surface area contributed by atoms with Crippen LogP contribution in [-0.4, -0.2) is 29.0 Å². The Hall–Kier alpha value is -1.55. The summed E-state index contributed by atoms with van der Waals surface area (Å²) in [6, 6.07) is 6.77. The normalized spacial score (nSPS) is 15.1. The Bertz CT molecular complexity index is 513. The molecule has 0 unspecified atom stereocenters. The molecule has 0 amide bonds. The fraction of sp³-hybridized carbons (Fsp3) is 0.375. The first kappa shape index (κ1) is 14.9. The first-order chi connectivity index (χ1) is 9.56. The van der Waals surface area contributed by atoms with Gasteiger partial charge in [-0.05, 0) is 54.9 Å². The van der Waals surface area contributed by atoms with Gasteiger partial charge in [-0.3, -0.25) is 4.79 Å². The molecule has 0 saturated carbocycles. The molecule has 3 nitrogen and oxygen atoms in total. The third-order valence-electron chi connectivity index (χ3n) is 3.19. The first-order valence-corrected chi connectivity index (χ1v) is 8.44. The Morgan fingerprint density at radius 1 is 1.20 bits per heavy atom. The number of hydrogen-bond acceptors (Lipinski definition) is 3. The van der Waals surface area contributed by atoms with Crippen LogP contribution in [0, 0.1) is 0 Å². The molecule has 20 heavy (non-hydrogen) atoms. The summed E-state index contributed by atoms with van der Waals surface area (Å²) in [7, 11) is 0.275. The van der Waals surface area contributed by atoms with Crippen molar-refractivity contribution in [3.63, 3.8) is 0 Å². The molecular formula is C16H19O3S+. The summed E-state index contributed by atoms with van der Waals surface area (Å²) < 4.78 is 5.10. The number of hydrogen-bond donors (Lipinski definition) is 0. The molecular weight excluding hydrogens is 272 g/mol. The standard InChI is InChI=1S/C16H19O3S/c1-12(2)16(18)19-14-7-5-13(6-8-14)15(17)11-20-9-3-4-10-20/h5-8H,1,3-4,9-11H2,2H3/q+1. The van der Waals surface area contributed by atoms with Crippen molar-refractivity contribution in [1.82, 2.24) is 0 Å². The zero-order chi connectivity index (χ0) is 14.5. The quantitative estimate of drug-likeness (QED) is 0.275. The van der Waals surface area contributed by atoms with E-state index in [-0.39, 0.29) is 16.7 Å². The topological polar surface area (TPSA) is 43.4 Å². The Labute approximate surface area is 122 Å². The lowest BCUT2D eigenvalue weighted by Crippen LogP contribution is -2.17. The van der Waals surface area contributed by atoms with Gasteiger partial charge in [-0.15, -0.1) is 0 Å². The van der Waals surface area contributed by atoms with Crippen molar-refractivity contribution in [2.75, 3.05) is 17.3 Å². The van der Waals surface area contributed by atoms with Crippen LogP contribution in [0.2, 0.25) is 0 Å². The molecule has 1 saturated heterocycles. The highest BCUT2D eigenvalue weighted by molar-refractivity contribution is 7.97. The van der Waals surface area contributed by atoms with Crippen molar-refractivity contribution in [2.45, 2.75) is 19.8 Å². The fourth-order valence-electron chi connectivity index (χ4n) is 2.03. The van der Waals surface area contributed by atoms with Crippen molar-refractivity contribution in [3.8, 4) is 5.75 Å². The van der Waals surface area contributed by atoms with Gasteiger partial charge in [0.25, 0.3) is 0 Å². The second-order valence-electron chi connectivity index (χ2n) is 4.99. The molecule has 1 aromatic rings. The Kier molecular flexibility index (Phi) is 5.01. The highest BCUT2D eigenvalue weighted by atomic mass is 32.2. The molecule has 0 bridgehead atoms. The minimum absolute atomic E-state index is 0.188. The number of carbonyl (C=O) groups is 2. The van der Waals surface area contributed by atoms with Crippen LogP contribution in [0.5, 0.6) is 5.75 Å². The third kappa shape index (κ3) is 3.97. The highest BCUT2D eigenvalue weighted by Gasteiger charge is 2.27. The van der Waals surface area contributed by atoms with Gasteiger partial charge in [0.2, 0.25) is 5.78 Å². The molecule has 2 rings (SSSR count). The summed E-state index contributed by atoms with van der Waals surface area (Å²) >= 11 is 0. The molecule has 1 fully saturated rings. The van der Waals surface area contributed by atoms with Gasteiger partial charge in [0.05, 0.1) is 0 Å². The summed E-state index contributed by atoms with van der Waals surface area (Å²) in [6.45, 7) is 5.13. The maximum absolute atomic E-state index is 12.1. The fourth-order valence-corrected chi connectivity index (χ4v) is 4.29. The Balaban J connectivity index is 1.95. The van der Waals surface area contributed by atoms with E-state index in [1.807, 2.05) is 0 Å². The molecule has 4 heteroatoms. The maximum atomic E-state index is 12.1. The van der Waals surface area contributed by atoms with E-state index in [1.54, 1.807) is 31.2 Å². The molecule has 0 aromatic heterocycles. The average molecular weight is 291 g/mol. The van der Waals surface area contributed by atoms with Crippen molar-refractivity contribution in [3.05, 3.63) is 42.0 Å². The number of Topliss-reactive ketones (excluding diaryl/α,β-unsaturated/α-hetero) is 1. The lowest BCUT2D eigenvalue weighted by molar-refractivity contribution is -0.130. The third-order valence-corrected chi connectivity index (χ3v) is 5.59. The van der Waals surface area contributed by atoms with E-state index in [9.17, 15) is 9.59 Å². The van der Waals surface area contributed by atoms with E-state index in [1.165, 1.54) is 24.3 Å².